The van der Waals surface area contributed by atoms with Gasteiger partial charge in [-0.3, -0.25) is 0 Å². The molecular formula is C16H27N5O3S. The molecule has 2 N–H and O–H groups in total. The maximum atomic E-state index is 11.6. The molecule has 1 aromatic heterocycles. The number of amides is 2. The maximum absolute atomic E-state index is 11.6. The van der Waals surface area contributed by atoms with Crippen molar-refractivity contribution < 1.29 is 14.3 Å². The number of urea groups is 1. The number of carbonyl (C=O) groups is 1. The molecule has 9 heteroatoms. The van der Waals surface area contributed by atoms with Gasteiger partial charge in [-0.2, -0.15) is 15.1 Å². The smallest absolute Gasteiger partial charge is 0.335 e. The number of ether oxygens (including phenoxy) is 2. The Morgan fingerprint density at radius 1 is 1.32 bits per heavy atom. The molecule has 0 aromatic carbocycles. The molecule has 8 nitrogen and oxygen atoms in total. The normalized spacial score (nSPS) is 12.7. The van der Waals surface area contributed by atoms with Crippen molar-refractivity contribution in [2.24, 2.45) is 10.5 Å². The number of hydrazone groups is 1. The van der Waals surface area contributed by atoms with Gasteiger partial charge in [0.1, 0.15) is 0 Å². The summed E-state index contributed by atoms with van der Waals surface area (Å²) in [7, 11) is 3.08. The summed E-state index contributed by atoms with van der Waals surface area (Å²) in [5, 5.41) is 7.18. The monoisotopic (exact) mass is 369 g/mol. The Balaban J connectivity index is 2.85. The van der Waals surface area contributed by atoms with Gasteiger partial charge in [-0.05, 0) is 11.8 Å². The van der Waals surface area contributed by atoms with Gasteiger partial charge < -0.3 is 14.8 Å². The van der Waals surface area contributed by atoms with E-state index in [-0.39, 0.29) is 16.7 Å². The standard InChI is InChI=1S/C16H27N5O3S/c1-7-8-17-14(22)21-18-10-11(16(2,3)4)25-15-19-12(23-5)9-13(20-15)24-6/h9-11H,7-8H2,1-6H3,(H2,17,21,22). The minimum absolute atomic E-state index is 0.0733. The van der Waals surface area contributed by atoms with Crippen LogP contribution in [0.25, 0.3) is 0 Å². The molecule has 0 saturated carbocycles. The highest BCUT2D eigenvalue weighted by atomic mass is 32.2. The van der Waals surface area contributed by atoms with E-state index in [4.69, 9.17) is 9.47 Å². The Kier molecular flexibility index (Phi) is 8.47. The van der Waals surface area contributed by atoms with Gasteiger partial charge in [0, 0.05) is 12.8 Å². The first-order valence-electron chi connectivity index (χ1n) is 8.00. The Hall–Kier alpha value is -2.03. The van der Waals surface area contributed by atoms with Crippen molar-refractivity contribution in [1.29, 1.82) is 0 Å². The van der Waals surface area contributed by atoms with Gasteiger partial charge >= 0.3 is 6.03 Å². The molecule has 0 saturated heterocycles. The van der Waals surface area contributed by atoms with Crippen LogP contribution in [0.5, 0.6) is 11.8 Å². The van der Waals surface area contributed by atoms with Crippen LogP contribution >= 0.6 is 11.8 Å². The van der Waals surface area contributed by atoms with Crippen molar-refractivity contribution in [2.75, 3.05) is 20.8 Å². The molecule has 1 heterocycles. The first-order chi connectivity index (χ1) is 11.8. The fraction of sp³-hybridized carbons (Fsp3) is 0.625. The summed E-state index contributed by atoms with van der Waals surface area (Å²) >= 11 is 1.42. The zero-order valence-electron chi connectivity index (χ0n) is 15.6. The number of hydrogen-bond acceptors (Lipinski definition) is 7. The van der Waals surface area contributed by atoms with Gasteiger partial charge in [-0.15, -0.1) is 0 Å². The van der Waals surface area contributed by atoms with Crippen molar-refractivity contribution >= 4 is 24.0 Å². The second-order valence-electron chi connectivity index (χ2n) is 6.29. The predicted molar refractivity (Wildman–Crippen MR) is 99.6 cm³/mol. The summed E-state index contributed by atoms with van der Waals surface area (Å²) in [6.07, 6.45) is 2.55. The lowest BCUT2D eigenvalue weighted by atomic mass is 9.92. The molecule has 0 aliphatic heterocycles. The van der Waals surface area contributed by atoms with Crippen molar-refractivity contribution in [2.45, 2.75) is 44.5 Å². The van der Waals surface area contributed by atoms with Crippen molar-refractivity contribution in [3.05, 3.63) is 6.07 Å². The van der Waals surface area contributed by atoms with Gasteiger partial charge in [0.25, 0.3) is 0 Å². The quantitative estimate of drug-likeness (QED) is 0.316. The third-order valence-corrected chi connectivity index (χ3v) is 4.55. The van der Waals surface area contributed by atoms with E-state index in [2.05, 4.69) is 46.6 Å². The number of rotatable bonds is 8. The Bertz CT molecular complexity index is 567. The topological polar surface area (TPSA) is 97.7 Å². The summed E-state index contributed by atoms with van der Waals surface area (Å²) in [4.78, 5) is 20.2. The zero-order valence-corrected chi connectivity index (χ0v) is 16.4. The minimum Gasteiger partial charge on any atom is -0.481 e. The van der Waals surface area contributed by atoms with Gasteiger partial charge in [-0.1, -0.05) is 39.5 Å². The highest BCUT2D eigenvalue weighted by Crippen LogP contribution is 2.34. The van der Waals surface area contributed by atoms with Crippen LogP contribution < -0.4 is 20.2 Å². The molecule has 0 spiro atoms. The SMILES string of the molecule is CCCNC(=O)NN=CC(Sc1nc(OC)cc(OC)n1)C(C)(C)C. The Labute approximate surface area is 153 Å². The Morgan fingerprint density at radius 3 is 2.40 bits per heavy atom. The minimum atomic E-state index is -0.324. The third-order valence-electron chi connectivity index (χ3n) is 3.07. The summed E-state index contributed by atoms with van der Waals surface area (Å²) in [6, 6.07) is 1.29. The van der Waals surface area contributed by atoms with Crippen molar-refractivity contribution in [3.63, 3.8) is 0 Å². The lowest BCUT2D eigenvalue weighted by Crippen LogP contribution is -2.34. The molecule has 0 aliphatic carbocycles. The number of hydrogen-bond donors (Lipinski definition) is 2. The average Bonchev–Trinajstić information content (AvgIpc) is 2.57. The molecule has 0 bridgehead atoms. The summed E-state index contributed by atoms with van der Waals surface area (Å²) in [5.74, 6) is 0.854. The van der Waals surface area contributed by atoms with E-state index in [0.29, 0.717) is 23.5 Å². The molecule has 140 valence electrons. The molecule has 2 amide bonds. The van der Waals surface area contributed by atoms with Crippen LogP contribution in [-0.2, 0) is 0 Å². The third kappa shape index (κ3) is 7.59. The van der Waals surface area contributed by atoms with E-state index in [9.17, 15) is 4.79 Å². The van der Waals surface area contributed by atoms with E-state index in [1.165, 1.54) is 26.0 Å². The van der Waals surface area contributed by atoms with E-state index in [1.54, 1.807) is 12.3 Å². The second-order valence-corrected chi connectivity index (χ2v) is 7.39. The summed E-state index contributed by atoms with van der Waals surface area (Å²) in [6.45, 7) is 8.82. The first-order valence-corrected chi connectivity index (χ1v) is 8.88. The lowest BCUT2D eigenvalue weighted by Gasteiger charge is -2.26. The van der Waals surface area contributed by atoms with E-state index < -0.39 is 0 Å². The number of nitrogens with one attached hydrogen (secondary N) is 2. The molecule has 0 radical (unpaired) electrons. The van der Waals surface area contributed by atoms with Crippen molar-refractivity contribution in [3.8, 4) is 11.8 Å². The fourth-order valence-electron chi connectivity index (χ4n) is 1.63. The molecular weight excluding hydrogens is 342 g/mol. The molecule has 1 rings (SSSR count). The molecule has 25 heavy (non-hydrogen) atoms. The van der Waals surface area contributed by atoms with Gasteiger partial charge in [0.15, 0.2) is 5.16 Å². The van der Waals surface area contributed by atoms with E-state index in [0.717, 1.165) is 6.42 Å². The molecule has 1 aromatic rings. The van der Waals surface area contributed by atoms with Crippen LogP contribution in [0.2, 0.25) is 0 Å². The van der Waals surface area contributed by atoms with Crippen LogP contribution in [0.1, 0.15) is 34.1 Å². The number of thioether (sulfide) groups is 1. The number of aromatic nitrogens is 2. The number of methoxy groups -OCH3 is 2. The van der Waals surface area contributed by atoms with Crippen LogP contribution in [-0.4, -0.2) is 48.2 Å². The van der Waals surface area contributed by atoms with Gasteiger partial charge in [0.2, 0.25) is 11.8 Å². The second kappa shape index (κ2) is 10.1. The van der Waals surface area contributed by atoms with Crippen LogP contribution in [0.15, 0.2) is 16.3 Å². The number of carbonyl (C=O) groups excluding carboxylic acids is 1. The number of nitrogens with zero attached hydrogens (tertiary/aromatic N) is 3. The predicted octanol–water partition coefficient (Wildman–Crippen LogP) is 2.70. The summed E-state index contributed by atoms with van der Waals surface area (Å²) in [5.41, 5.74) is 2.34. The highest BCUT2D eigenvalue weighted by molar-refractivity contribution is 8.00. The summed E-state index contributed by atoms with van der Waals surface area (Å²) < 4.78 is 10.3. The average molecular weight is 369 g/mol. The first kappa shape index (κ1) is 21.0. The zero-order chi connectivity index (χ0) is 18.9. The highest BCUT2D eigenvalue weighted by Gasteiger charge is 2.26. The van der Waals surface area contributed by atoms with Crippen LogP contribution in [0.3, 0.4) is 0 Å². The van der Waals surface area contributed by atoms with E-state index in [1.807, 2.05) is 6.92 Å². The molecule has 1 atom stereocenters. The fourth-order valence-corrected chi connectivity index (χ4v) is 2.62. The van der Waals surface area contributed by atoms with Crippen LogP contribution in [0.4, 0.5) is 4.79 Å². The Morgan fingerprint density at radius 2 is 1.92 bits per heavy atom. The van der Waals surface area contributed by atoms with Crippen molar-refractivity contribution in [1.82, 2.24) is 20.7 Å². The lowest BCUT2D eigenvalue weighted by molar-refractivity contribution is 0.241. The maximum Gasteiger partial charge on any atom is 0.335 e. The molecule has 0 fully saturated rings. The van der Waals surface area contributed by atoms with E-state index >= 15 is 0 Å². The van der Waals surface area contributed by atoms with Gasteiger partial charge in [-0.25, -0.2) is 10.2 Å². The largest absolute Gasteiger partial charge is 0.481 e. The van der Waals surface area contributed by atoms with Crippen LogP contribution in [0, 0.1) is 5.41 Å². The van der Waals surface area contributed by atoms with Gasteiger partial charge in [0.05, 0.1) is 25.5 Å². The molecule has 0 aliphatic rings. The molecule has 1 unspecified atom stereocenters.